The van der Waals surface area contributed by atoms with Crippen molar-refractivity contribution in [2.45, 2.75) is 38.2 Å². The minimum atomic E-state index is -4.48. The summed E-state index contributed by atoms with van der Waals surface area (Å²) in [6.45, 7) is 0.653. The third-order valence-electron chi connectivity index (χ3n) is 5.93. The van der Waals surface area contributed by atoms with Crippen LogP contribution in [0.3, 0.4) is 0 Å². The predicted octanol–water partition coefficient (Wildman–Crippen LogP) is 3.60. The highest BCUT2D eigenvalue weighted by Crippen LogP contribution is 2.29. The SMILES string of the molecule is O=c1c2c(ncn2Cc2cccc(C(F)(F)F)c2)n(-c2ccccc2)c(=O)n1C[C@@H]1CCCO1. The van der Waals surface area contributed by atoms with Crippen molar-refractivity contribution < 1.29 is 17.9 Å². The lowest BCUT2D eigenvalue weighted by Crippen LogP contribution is -2.42. The Labute approximate surface area is 191 Å². The third-order valence-corrected chi connectivity index (χ3v) is 5.93. The number of alkyl halides is 3. The van der Waals surface area contributed by atoms with Crippen LogP contribution in [0, 0.1) is 0 Å². The second kappa shape index (κ2) is 8.60. The lowest BCUT2D eigenvalue weighted by atomic mass is 10.1. The molecule has 1 atom stereocenters. The fourth-order valence-electron chi connectivity index (χ4n) is 4.31. The summed E-state index contributed by atoms with van der Waals surface area (Å²) in [4.78, 5) is 31.2. The molecular formula is C24H21F3N4O3. The molecule has 0 saturated carbocycles. The second-order valence-corrected chi connectivity index (χ2v) is 8.25. The number of nitrogens with zero attached hydrogens (tertiary/aromatic N) is 4. The summed E-state index contributed by atoms with van der Waals surface area (Å²) in [6.07, 6.45) is -1.77. The van der Waals surface area contributed by atoms with Crippen molar-refractivity contribution in [2.75, 3.05) is 6.61 Å². The summed E-state index contributed by atoms with van der Waals surface area (Å²) in [5, 5.41) is 0. The number of hydrogen-bond acceptors (Lipinski definition) is 4. The van der Waals surface area contributed by atoms with Gasteiger partial charge in [0.05, 0.1) is 30.2 Å². The molecular weight excluding hydrogens is 449 g/mol. The summed E-state index contributed by atoms with van der Waals surface area (Å²) in [5.74, 6) is 0. The molecule has 0 radical (unpaired) electrons. The van der Waals surface area contributed by atoms with Crippen LogP contribution in [0.1, 0.15) is 24.0 Å². The Morgan fingerprint density at radius 2 is 1.85 bits per heavy atom. The van der Waals surface area contributed by atoms with E-state index in [-0.39, 0.29) is 30.4 Å². The van der Waals surface area contributed by atoms with E-state index < -0.39 is 23.0 Å². The van der Waals surface area contributed by atoms with Gasteiger partial charge in [-0.3, -0.25) is 9.36 Å². The van der Waals surface area contributed by atoms with Gasteiger partial charge in [0, 0.05) is 13.2 Å². The van der Waals surface area contributed by atoms with Crippen LogP contribution in [0.15, 0.2) is 70.5 Å². The van der Waals surface area contributed by atoms with Gasteiger partial charge in [-0.2, -0.15) is 13.2 Å². The van der Waals surface area contributed by atoms with Crippen LogP contribution in [0.2, 0.25) is 0 Å². The number of fused-ring (bicyclic) bond motifs is 1. The minimum absolute atomic E-state index is 0.0113. The van der Waals surface area contributed by atoms with E-state index >= 15 is 0 Å². The molecule has 176 valence electrons. The molecule has 10 heteroatoms. The second-order valence-electron chi connectivity index (χ2n) is 8.25. The number of imidazole rings is 1. The lowest BCUT2D eigenvalue weighted by Gasteiger charge is -2.15. The molecule has 1 aliphatic heterocycles. The standard InChI is InChI=1S/C24H21F3N4O3/c25-24(26,27)17-7-4-6-16(12-17)13-29-15-28-21-20(29)22(32)30(14-19-10-5-11-34-19)23(33)31(21)18-8-2-1-3-9-18/h1-4,6-9,12,15,19H,5,10-11,13-14H2/t19-/m0/s1. The molecule has 1 aliphatic rings. The van der Waals surface area contributed by atoms with Crippen molar-refractivity contribution in [3.63, 3.8) is 0 Å². The first-order chi connectivity index (χ1) is 16.3. The molecule has 2 aromatic heterocycles. The van der Waals surface area contributed by atoms with Crippen LogP contribution in [0.5, 0.6) is 0 Å². The Kier molecular flexibility index (Phi) is 5.60. The number of benzene rings is 2. The molecule has 1 fully saturated rings. The number of aromatic nitrogens is 4. The van der Waals surface area contributed by atoms with Crippen molar-refractivity contribution in [3.8, 4) is 5.69 Å². The summed E-state index contributed by atoms with van der Waals surface area (Å²) in [5.41, 5.74) is -0.683. The van der Waals surface area contributed by atoms with Crippen LogP contribution in [0.4, 0.5) is 13.2 Å². The number of para-hydroxylation sites is 1. The maximum atomic E-state index is 13.5. The largest absolute Gasteiger partial charge is 0.416 e. The van der Waals surface area contributed by atoms with Crippen molar-refractivity contribution in [1.82, 2.24) is 18.7 Å². The Hall–Kier alpha value is -3.66. The van der Waals surface area contributed by atoms with Gasteiger partial charge in [-0.1, -0.05) is 30.3 Å². The molecule has 2 aromatic carbocycles. The summed E-state index contributed by atoms with van der Waals surface area (Å²) < 4.78 is 49.1. The van der Waals surface area contributed by atoms with E-state index in [4.69, 9.17) is 4.74 Å². The zero-order chi connectivity index (χ0) is 23.9. The molecule has 5 rings (SSSR count). The topological polar surface area (TPSA) is 71.0 Å². The van der Waals surface area contributed by atoms with Crippen molar-refractivity contribution >= 4 is 11.2 Å². The third kappa shape index (κ3) is 4.05. The van der Waals surface area contributed by atoms with E-state index in [0.29, 0.717) is 17.9 Å². The summed E-state index contributed by atoms with van der Waals surface area (Å²) >= 11 is 0. The van der Waals surface area contributed by atoms with Gasteiger partial charge < -0.3 is 9.30 Å². The Balaban J connectivity index is 1.68. The van der Waals surface area contributed by atoms with Crippen molar-refractivity contribution in [3.05, 3.63) is 92.9 Å². The normalized spacial score (nSPS) is 16.4. The van der Waals surface area contributed by atoms with Crippen LogP contribution in [-0.4, -0.2) is 31.4 Å². The van der Waals surface area contributed by atoms with Gasteiger partial charge in [0.1, 0.15) is 0 Å². The van der Waals surface area contributed by atoms with E-state index in [1.165, 1.54) is 21.5 Å². The average molecular weight is 470 g/mol. The van der Waals surface area contributed by atoms with Gasteiger partial charge in [-0.05, 0) is 42.7 Å². The van der Waals surface area contributed by atoms with E-state index in [1.54, 1.807) is 36.4 Å². The molecule has 0 spiro atoms. The zero-order valence-electron chi connectivity index (χ0n) is 18.0. The Morgan fingerprint density at radius 1 is 1.06 bits per heavy atom. The molecule has 3 heterocycles. The Bertz CT molecular complexity index is 1450. The molecule has 34 heavy (non-hydrogen) atoms. The molecule has 0 amide bonds. The predicted molar refractivity (Wildman–Crippen MR) is 119 cm³/mol. The fraction of sp³-hybridized carbons (Fsp3) is 0.292. The molecule has 0 bridgehead atoms. The smallest absolute Gasteiger partial charge is 0.376 e. The van der Waals surface area contributed by atoms with E-state index in [0.717, 1.165) is 29.5 Å². The van der Waals surface area contributed by atoms with Crippen LogP contribution < -0.4 is 11.2 Å². The minimum Gasteiger partial charge on any atom is -0.376 e. The van der Waals surface area contributed by atoms with Gasteiger partial charge >= 0.3 is 11.9 Å². The molecule has 1 saturated heterocycles. The van der Waals surface area contributed by atoms with E-state index in [2.05, 4.69) is 4.98 Å². The number of halogens is 3. The monoisotopic (exact) mass is 470 g/mol. The van der Waals surface area contributed by atoms with Gasteiger partial charge in [0.15, 0.2) is 11.2 Å². The molecule has 0 aliphatic carbocycles. The number of ether oxygens (including phenoxy) is 1. The number of rotatable bonds is 5. The van der Waals surface area contributed by atoms with Gasteiger partial charge in [-0.25, -0.2) is 14.3 Å². The summed E-state index contributed by atoms with van der Waals surface area (Å²) in [7, 11) is 0. The highest BCUT2D eigenvalue weighted by Gasteiger charge is 2.30. The first-order valence-electron chi connectivity index (χ1n) is 10.9. The molecule has 0 N–H and O–H groups in total. The zero-order valence-corrected chi connectivity index (χ0v) is 18.0. The van der Waals surface area contributed by atoms with Crippen molar-refractivity contribution in [1.29, 1.82) is 0 Å². The molecule has 0 unspecified atom stereocenters. The average Bonchev–Trinajstić information content (AvgIpc) is 3.47. The van der Waals surface area contributed by atoms with E-state index in [1.807, 2.05) is 0 Å². The number of hydrogen-bond donors (Lipinski definition) is 0. The molecule has 4 aromatic rings. The highest BCUT2D eigenvalue weighted by molar-refractivity contribution is 5.72. The fourth-order valence-corrected chi connectivity index (χ4v) is 4.31. The van der Waals surface area contributed by atoms with Crippen LogP contribution >= 0.6 is 0 Å². The quantitative estimate of drug-likeness (QED) is 0.447. The lowest BCUT2D eigenvalue weighted by molar-refractivity contribution is -0.137. The highest BCUT2D eigenvalue weighted by atomic mass is 19.4. The van der Waals surface area contributed by atoms with E-state index in [9.17, 15) is 22.8 Å². The maximum absolute atomic E-state index is 13.5. The van der Waals surface area contributed by atoms with Crippen molar-refractivity contribution in [2.24, 2.45) is 0 Å². The van der Waals surface area contributed by atoms with Crippen LogP contribution in [0.25, 0.3) is 16.9 Å². The first kappa shape index (κ1) is 22.1. The maximum Gasteiger partial charge on any atom is 0.416 e. The molecule has 7 nitrogen and oxygen atoms in total. The van der Waals surface area contributed by atoms with Gasteiger partial charge in [0.25, 0.3) is 5.56 Å². The summed E-state index contributed by atoms with van der Waals surface area (Å²) in [6, 6.07) is 13.7. The first-order valence-corrected chi connectivity index (χ1v) is 10.9. The van der Waals surface area contributed by atoms with Crippen LogP contribution in [-0.2, 0) is 24.0 Å². The van der Waals surface area contributed by atoms with Gasteiger partial charge in [-0.15, -0.1) is 0 Å². The van der Waals surface area contributed by atoms with Gasteiger partial charge in [0.2, 0.25) is 0 Å². The Morgan fingerprint density at radius 3 is 2.56 bits per heavy atom.